The summed E-state index contributed by atoms with van der Waals surface area (Å²) in [6, 6.07) is 0.975. The summed E-state index contributed by atoms with van der Waals surface area (Å²) in [5, 5.41) is 0. The predicted molar refractivity (Wildman–Crippen MR) is 65.7 cm³/mol. The summed E-state index contributed by atoms with van der Waals surface area (Å²) in [4.78, 5) is 15.1. The summed E-state index contributed by atoms with van der Waals surface area (Å²) in [5.74, 6) is -1.17. The molecule has 1 aromatic rings. The molecule has 9 heteroatoms. The molecule has 1 rings (SSSR count). The smallest absolute Gasteiger partial charge is 0.494 e. The molecule has 0 saturated carbocycles. The number of alkyl halides is 3. The summed E-state index contributed by atoms with van der Waals surface area (Å²) < 4.78 is 50.3. The van der Waals surface area contributed by atoms with E-state index in [-0.39, 0.29) is 36.6 Å². The summed E-state index contributed by atoms with van der Waals surface area (Å²) in [6.07, 6.45) is -5.17. The number of methoxy groups -OCH3 is 1. The van der Waals surface area contributed by atoms with Crippen molar-refractivity contribution in [3.05, 3.63) is 17.3 Å². The summed E-state index contributed by atoms with van der Waals surface area (Å²) in [5.41, 5.74) is 5.63. The van der Waals surface area contributed by atoms with Gasteiger partial charge in [-0.25, -0.2) is 4.98 Å². The van der Waals surface area contributed by atoms with Crippen molar-refractivity contribution in [2.75, 3.05) is 13.7 Å². The van der Waals surface area contributed by atoms with E-state index in [1.165, 1.54) is 7.11 Å². The Hall–Kier alpha value is -2.03. The Balaban J connectivity index is 3.18. The van der Waals surface area contributed by atoms with Crippen LogP contribution in [0.4, 0.5) is 13.2 Å². The molecule has 0 aromatic carbocycles. The SMILES string of the molecule is CCOC(=O)Cc1cc(OC(F)(F)F)nc(CN)c1OC. The molecule has 0 amide bonds. The lowest BCUT2D eigenvalue weighted by atomic mass is 10.1. The number of halogens is 3. The third kappa shape index (κ3) is 5.10. The molecule has 6 nitrogen and oxygen atoms in total. The van der Waals surface area contributed by atoms with E-state index in [2.05, 4.69) is 9.72 Å². The first-order valence-corrected chi connectivity index (χ1v) is 5.99. The van der Waals surface area contributed by atoms with Crippen molar-refractivity contribution in [3.63, 3.8) is 0 Å². The van der Waals surface area contributed by atoms with Gasteiger partial charge in [0.1, 0.15) is 11.4 Å². The second-order valence-corrected chi connectivity index (χ2v) is 3.83. The van der Waals surface area contributed by atoms with Gasteiger partial charge < -0.3 is 19.9 Å². The van der Waals surface area contributed by atoms with Gasteiger partial charge in [-0.3, -0.25) is 4.79 Å². The van der Waals surface area contributed by atoms with Crippen LogP contribution in [-0.2, 0) is 22.5 Å². The number of rotatable bonds is 6. The summed E-state index contributed by atoms with van der Waals surface area (Å²) >= 11 is 0. The van der Waals surface area contributed by atoms with Gasteiger partial charge in [-0.15, -0.1) is 13.2 Å². The number of aromatic nitrogens is 1. The molecule has 0 radical (unpaired) electrons. The van der Waals surface area contributed by atoms with Gasteiger partial charge in [0, 0.05) is 18.2 Å². The highest BCUT2D eigenvalue weighted by Gasteiger charge is 2.32. The van der Waals surface area contributed by atoms with E-state index in [0.29, 0.717) is 0 Å². The van der Waals surface area contributed by atoms with Crippen LogP contribution in [0.15, 0.2) is 6.07 Å². The van der Waals surface area contributed by atoms with E-state index in [0.717, 1.165) is 6.07 Å². The minimum absolute atomic E-state index is 0.0542. The molecule has 1 heterocycles. The van der Waals surface area contributed by atoms with Crippen molar-refractivity contribution < 1.29 is 32.2 Å². The van der Waals surface area contributed by atoms with Crippen LogP contribution in [0.5, 0.6) is 11.6 Å². The third-order valence-electron chi connectivity index (χ3n) is 2.35. The third-order valence-corrected chi connectivity index (χ3v) is 2.35. The largest absolute Gasteiger partial charge is 0.574 e. The van der Waals surface area contributed by atoms with E-state index in [4.69, 9.17) is 15.2 Å². The Labute approximate surface area is 119 Å². The molecule has 0 spiro atoms. The number of pyridine rings is 1. The second kappa shape index (κ2) is 7.11. The van der Waals surface area contributed by atoms with E-state index in [1.54, 1.807) is 6.92 Å². The zero-order valence-electron chi connectivity index (χ0n) is 11.5. The van der Waals surface area contributed by atoms with E-state index in [9.17, 15) is 18.0 Å². The Morgan fingerprint density at radius 1 is 1.43 bits per heavy atom. The van der Waals surface area contributed by atoms with Gasteiger partial charge in [0.25, 0.3) is 0 Å². The minimum Gasteiger partial charge on any atom is -0.494 e. The maximum Gasteiger partial charge on any atom is 0.574 e. The van der Waals surface area contributed by atoms with Crippen LogP contribution in [0, 0.1) is 0 Å². The van der Waals surface area contributed by atoms with Gasteiger partial charge in [0.05, 0.1) is 20.1 Å². The standard InChI is InChI=1S/C12H15F3N2O4/c1-3-20-10(18)5-7-4-9(21-12(13,14)15)17-8(6-16)11(7)19-2/h4H,3,5-6,16H2,1-2H3. The highest BCUT2D eigenvalue weighted by Crippen LogP contribution is 2.29. The van der Waals surface area contributed by atoms with Gasteiger partial charge >= 0.3 is 12.3 Å². The lowest BCUT2D eigenvalue weighted by Crippen LogP contribution is -2.19. The average molecular weight is 308 g/mol. The molecule has 2 N–H and O–H groups in total. The predicted octanol–water partition coefficient (Wildman–Crippen LogP) is 1.55. The van der Waals surface area contributed by atoms with E-state index in [1.807, 2.05) is 0 Å². The first-order valence-electron chi connectivity index (χ1n) is 5.99. The normalized spacial score (nSPS) is 11.1. The number of carbonyl (C=O) groups excluding carboxylic acids is 1. The second-order valence-electron chi connectivity index (χ2n) is 3.83. The molecular weight excluding hydrogens is 293 g/mol. The lowest BCUT2D eigenvalue weighted by molar-refractivity contribution is -0.276. The Bertz CT molecular complexity index is 506. The molecule has 0 fully saturated rings. The quantitative estimate of drug-likeness (QED) is 0.803. The molecule has 0 aliphatic rings. The number of nitrogens with zero attached hydrogens (tertiary/aromatic N) is 1. The van der Waals surface area contributed by atoms with Crippen molar-refractivity contribution in [1.29, 1.82) is 0 Å². The number of carbonyl (C=O) groups is 1. The highest BCUT2D eigenvalue weighted by molar-refractivity contribution is 5.74. The van der Waals surface area contributed by atoms with Gasteiger partial charge in [-0.2, -0.15) is 0 Å². The van der Waals surface area contributed by atoms with Crippen LogP contribution in [-0.4, -0.2) is 31.0 Å². The summed E-state index contributed by atoms with van der Waals surface area (Å²) in [6.45, 7) is 1.60. The number of hydrogen-bond acceptors (Lipinski definition) is 6. The van der Waals surface area contributed by atoms with E-state index < -0.39 is 18.2 Å². The molecule has 0 aliphatic carbocycles. The van der Waals surface area contributed by atoms with Crippen molar-refractivity contribution in [3.8, 4) is 11.6 Å². The molecule has 0 atom stereocenters. The van der Waals surface area contributed by atoms with E-state index >= 15 is 0 Å². The molecule has 0 saturated heterocycles. The van der Waals surface area contributed by atoms with Crippen molar-refractivity contribution in [2.45, 2.75) is 26.3 Å². The summed E-state index contributed by atoms with van der Waals surface area (Å²) in [7, 11) is 1.30. The zero-order chi connectivity index (χ0) is 16.0. The molecular formula is C12H15F3N2O4. The Morgan fingerprint density at radius 2 is 2.10 bits per heavy atom. The van der Waals surface area contributed by atoms with Crippen LogP contribution in [0.1, 0.15) is 18.2 Å². The van der Waals surface area contributed by atoms with Crippen LogP contribution in [0.25, 0.3) is 0 Å². The van der Waals surface area contributed by atoms with Gasteiger partial charge in [0.2, 0.25) is 5.88 Å². The monoisotopic (exact) mass is 308 g/mol. The van der Waals surface area contributed by atoms with Crippen molar-refractivity contribution >= 4 is 5.97 Å². The zero-order valence-corrected chi connectivity index (χ0v) is 11.5. The maximum absolute atomic E-state index is 12.3. The maximum atomic E-state index is 12.3. The number of nitrogens with two attached hydrogens (primary N) is 1. The van der Waals surface area contributed by atoms with Crippen molar-refractivity contribution in [2.24, 2.45) is 5.73 Å². The van der Waals surface area contributed by atoms with Crippen molar-refractivity contribution in [1.82, 2.24) is 4.98 Å². The topological polar surface area (TPSA) is 83.7 Å². The minimum atomic E-state index is -4.89. The lowest BCUT2D eigenvalue weighted by Gasteiger charge is -2.15. The fourth-order valence-corrected chi connectivity index (χ4v) is 1.67. The van der Waals surface area contributed by atoms with Crippen LogP contribution in [0.2, 0.25) is 0 Å². The first-order chi connectivity index (χ1) is 9.80. The Kier molecular flexibility index (Phi) is 5.77. The average Bonchev–Trinajstić information content (AvgIpc) is 2.36. The van der Waals surface area contributed by atoms with Gasteiger partial charge in [-0.05, 0) is 6.92 Å². The number of esters is 1. The number of ether oxygens (including phenoxy) is 3. The van der Waals surface area contributed by atoms with Crippen LogP contribution < -0.4 is 15.2 Å². The number of hydrogen-bond donors (Lipinski definition) is 1. The fraction of sp³-hybridized carbons (Fsp3) is 0.500. The molecule has 0 aliphatic heterocycles. The van der Waals surface area contributed by atoms with Crippen LogP contribution in [0.3, 0.4) is 0 Å². The molecule has 118 valence electrons. The highest BCUT2D eigenvalue weighted by atomic mass is 19.4. The van der Waals surface area contributed by atoms with Gasteiger partial charge in [0.15, 0.2) is 0 Å². The molecule has 21 heavy (non-hydrogen) atoms. The fourth-order valence-electron chi connectivity index (χ4n) is 1.67. The molecule has 0 unspecified atom stereocenters. The first kappa shape index (κ1) is 17.0. The molecule has 0 bridgehead atoms. The molecule has 1 aromatic heterocycles. The van der Waals surface area contributed by atoms with Crippen LogP contribution >= 0.6 is 0 Å². The Morgan fingerprint density at radius 3 is 2.57 bits per heavy atom. The van der Waals surface area contributed by atoms with Gasteiger partial charge in [-0.1, -0.05) is 0 Å².